The van der Waals surface area contributed by atoms with Gasteiger partial charge in [-0.15, -0.1) is 0 Å². The predicted molar refractivity (Wildman–Crippen MR) is 57.1 cm³/mol. The molecule has 1 aliphatic rings. The first-order chi connectivity index (χ1) is 6.76. The molecule has 0 spiro atoms. The summed E-state index contributed by atoms with van der Waals surface area (Å²) in [6, 6.07) is 0. The molecule has 84 valence electrons. The van der Waals surface area contributed by atoms with Gasteiger partial charge >= 0.3 is 0 Å². The van der Waals surface area contributed by atoms with Crippen LogP contribution in [-0.2, 0) is 4.74 Å². The Bertz CT molecular complexity index is 163. The van der Waals surface area contributed by atoms with Crippen molar-refractivity contribution in [2.24, 2.45) is 11.7 Å². The van der Waals surface area contributed by atoms with Crippen molar-refractivity contribution in [1.29, 1.82) is 0 Å². The van der Waals surface area contributed by atoms with Gasteiger partial charge in [0, 0.05) is 6.54 Å². The van der Waals surface area contributed by atoms with E-state index >= 15 is 0 Å². The summed E-state index contributed by atoms with van der Waals surface area (Å²) in [6.07, 6.45) is 5.85. The van der Waals surface area contributed by atoms with Gasteiger partial charge in [0.1, 0.15) is 0 Å². The van der Waals surface area contributed by atoms with Gasteiger partial charge in [0.15, 0.2) is 0 Å². The molecule has 0 aliphatic heterocycles. The third-order valence-corrected chi connectivity index (χ3v) is 3.35. The first-order valence-corrected chi connectivity index (χ1v) is 5.71. The van der Waals surface area contributed by atoms with Crippen molar-refractivity contribution in [2.45, 2.75) is 44.6 Å². The summed E-state index contributed by atoms with van der Waals surface area (Å²) in [4.78, 5) is 0. The van der Waals surface area contributed by atoms with Gasteiger partial charge in [-0.1, -0.05) is 26.2 Å². The number of hydrogen-bond donors (Lipinski definition) is 2. The lowest BCUT2D eigenvalue weighted by Crippen LogP contribution is -2.45. The minimum absolute atomic E-state index is 0.0958. The Morgan fingerprint density at radius 3 is 2.93 bits per heavy atom. The molecule has 0 aromatic heterocycles. The zero-order valence-electron chi connectivity index (χ0n) is 9.17. The molecule has 0 amide bonds. The summed E-state index contributed by atoms with van der Waals surface area (Å²) in [5.41, 5.74) is 5.65. The lowest BCUT2D eigenvalue weighted by molar-refractivity contribution is -0.0858. The van der Waals surface area contributed by atoms with Crippen molar-refractivity contribution in [3.8, 4) is 0 Å². The summed E-state index contributed by atoms with van der Waals surface area (Å²) in [7, 11) is 0. The SMILES string of the molecule is CCC1CCCC(CN)(OCCO)C1. The van der Waals surface area contributed by atoms with E-state index in [4.69, 9.17) is 15.6 Å². The molecule has 1 fully saturated rings. The molecule has 1 aliphatic carbocycles. The normalized spacial score (nSPS) is 33.2. The number of nitrogens with two attached hydrogens (primary N) is 1. The van der Waals surface area contributed by atoms with Crippen LogP contribution >= 0.6 is 0 Å². The van der Waals surface area contributed by atoms with Crippen molar-refractivity contribution in [3.05, 3.63) is 0 Å². The highest BCUT2D eigenvalue weighted by molar-refractivity contribution is 4.88. The largest absolute Gasteiger partial charge is 0.394 e. The van der Waals surface area contributed by atoms with E-state index in [1.54, 1.807) is 0 Å². The van der Waals surface area contributed by atoms with Crippen LogP contribution in [0.25, 0.3) is 0 Å². The van der Waals surface area contributed by atoms with Gasteiger partial charge in [-0.2, -0.15) is 0 Å². The van der Waals surface area contributed by atoms with Gasteiger partial charge in [0.25, 0.3) is 0 Å². The van der Waals surface area contributed by atoms with E-state index in [1.807, 2.05) is 0 Å². The van der Waals surface area contributed by atoms with E-state index < -0.39 is 0 Å². The van der Waals surface area contributed by atoms with E-state index in [2.05, 4.69) is 6.92 Å². The summed E-state index contributed by atoms with van der Waals surface area (Å²) in [6.45, 7) is 3.33. The number of aliphatic hydroxyl groups excluding tert-OH is 1. The number of aliphatic hydroxyl groups is 1. The van der Waals surface area contributed by atoms with Crippen LogP contribution in [0.15, 0.2) is 0 Å². The van der Waals surface area contributed by atoms with Gasteiger partial charge in [-0.05, 0) is 18.8 Å². The number of hydrogen-bond acceptors (Lipinski definition) is 3. The third kappa shape index (κ3) is 2.94. The fourth-order valence-electron chi connectivity index (χ4n) is 2.43. The van der Waals surface area contributed by atoms with Crippen molar-refractivity contribution in [3.63, 3.8) is 0 Å². The second kappa shape index (κ2) is 5.69. The first kappa shape index (κ1) is 12.0. The highest BCUT2D eigenvalue weighted by atomic mass is 16.5. The Morgan fingerprint density at radius 2 is 2.36 bits per heavy atom. The highest BCUT2D eigenvalue weighted by Crippen LogP contribution is 2.36. The van der Waals surface area contributed by atoms with Gasteiger partial charge in [0.2, 0.25) is 0 Å². The standard InChI is InChI=1S/C11H23NO2/c1-2-10-4-3-5-11(8-10,9-12)14-7-6-13/h10,13H,2-9,12H2,1H3. The topological polar surface area (TPSA) is 55.5 Å². The Morgan fingerprint density at radius 1 is 1.57 bits per heavy atom. The predicted octanol–water partition coefficient (Wildman–Crippen LogP) is 1.29. The van der Waals surface area contributed by atoms with E-state index in [-0.39, 0.29) is 12.2 Å². The van der Waals surface area contributed by atoms with Crippen LogP contribution in [0.1, 0.15) is 39.0 Å². The molecule has 14 heavy (non-hydrogen) atoms. The molecule has 0 saturated heterocycles. The average Bonchev–Trinajstić information content (AvgIpc) is 2.26. The summed E-state index contributed by atoms with van der Waals surface area (Å²) < 4.78 is 5.73. The molecule has 0 heterocycles. The van der Waals surface area contributed by atoms with Crippen LogP contribution in [-0.4, -0.2) is 30.5 Å². The van der Waals surface area contributed by atoms with Crippen LogP contribution in [0.2, 0.25) is 0 Å². The Hall–Kier alpha value is -0.120. The van der Waals surface area contributed by atoms with Crippen molar-refractivity contribution in [2.75, 3.05) is 19.8 Å². The fourth-order valence-corrected chi connectivity index (χ4v) is 2.43. The van der Waals surface area contributed by atoms with Gasteiger partial charge in [-0.3, -0.25) is 0 Å². The second-order valence-corrected chi connectivity index (χ2v) is 4.33. The summed E-state index contributed by atoms with van der Waals surface area (Å²) >= 11 is 0. The molecular formula is C11H23NO2. The molecule has 2 atom stereocenters. The molecular weight excluding hydrogens is 178 g/mol. The molecule has 0 bridgehead atoms. The molecule has 3 N–H and O–H groups in total. The van der Waals surface area contributed by atoms with Crippen LogP contribution in [0.3, 0.4) is 0 Å². The summed E-state index contributed by atoms with van der Waals surface area (Å²) in [5.74, 6) is 0.756. The van der Waals surface area contributed by atoms with Crippen LogP contribution in [0.4, 0.5) is 0 Å². The average molecular weight is 201 g/mol. The molecule has 1 saturated carbocycles. The van der Waals surface area contributed by atoms with Crippen LogP contribution in [0, 0.1) is 5.92 Å². The fraction of sp³-hybridized carbons (Fsp3) is 1.00. The maximum absolute atomic E-state index is 8.76. The Labute approximate surface area is 86.6 Å². The highest BCUT2D eigenvalue weighted by Gasteiger charge is 2.35. The lowest BCUT2D eigenvalue weighted by Gasteiger charge is -2.39. The Balaban J connectivity index is 2.49. The smallest absolute Gasteiger partial charge is 0.0807 e. The molecule has 0 aromatic rings. The van der Waals surface area contributed by atoms with Crippen molar-refractivity contribution in [1.82, 2.24) is 0 Å². The number of ether oxygens (including phenoxy) is 1. The van der Waals surface area contributed by atoms with Crippen molar-refractivity contribution >= 4 is 0 Å². The van der Waals surface area contributed by atoms with Crippen LogP contribution < -0.4 is 5.73 Å². The maximum atomic E-state index is 8.76. The van der Waals surface area contributed by atoms with E-state index in [0.717, 1.165) is 18.8 Å². The van der Waals surface area contributed by atoms with E-state index in [9.17, 15) is 0 Å². The lowest BCUT2D eigenvalue weighted by atomic mass is 9.77. The maximum Gasteiger partial charge on any atom is 0.0807 e. The molecule has 2 unspecified atom stereocenters. The minimum Gasteiger partial charge on any atom is -0.394 e. The molecule has 0 aromatic carbocycles. The quantitative estimate of drug-likeness (QED) is 0.705. The van der Waals surface area contributed by atoms with E-state index in [0.29, 0.717) is 13.2 Å². The zero-order valence-corrected chi connectivity index (χ0v) is 9.17. The molecule has 0 radical (unpaired) electrons. The monoisotopic (exact) mass is 201 g/mol. The second-order valence-electron chi connectivity index (χ2n) is 4.33. The first-order valence-electron chi connectivity index (χ1n) is 5.71. The number of rotatable bonds is 5. The zero-order chi connectivity index (χ0) is 10.4. The summed E-state index contributed by atoms with van der Waals surface area (Å²) in [5, 5.41) is 8.76. The van der Waals surface area contributed by atoms with Gasteiger partial charge in [-0.25, -0.2) is 0 Å². The minimum atomic E-state index is -0.137. The third-order valence-electron chi connectivity index (χ3n) is 3.35. The van der Waals surface area contributed by atoms with Crippen molar-refractivity contribution < 1.29 is 9.84 Å². The van der Waals surface area contributed by atoms with Gasteiger partial charge < -0.3 is 15.6 Å². The molecule has 3 nitrogen and oxygen atoms in total. The Kier molecular flexibility index (Phi) is 4.85. The molecule has 1 rings (SSSR count). The van der Waals surface area contributed by atoms with Gasteiger partial charge in [0.05, 0.1) is 18.8 Å². The van der Waals surface area contributed by atoms with E-state index in [1.165, 1.54) is 19.3 Å². The van der Waals surface area contributed by atoms with Crippen LogP contribution in [0.5, 0.6) is 0 Å². The molecule has 3 heteroatoms.